The van der Waals surface area contributed by atoms with E-state index in [1.807, 2.05) is 30.3 Å². The predicted molar refractivity (Wildman–Crippen MR) is 95.6 cm³/mol. The van der Waals surface area contributed by atoms with Crippen LogP contribution in [-0.4, -0.2) is 35.7 Å². The Morgan fingerprint density at radius 3 is 2.31 bits per heavy atom. The van der Waals surface area contributed by atoms with Crippen LogP contribution in [0.25, 0.3) is 0 Å². The van der Waals surface area contributed by atoms with Gasteiger partial charge in [-0.15, -0.1) is 6.58 Å². The van der Waals surface area contributed by atoms with Gasteiger partial charge in [-0.05, 0) is 18.4 Å². The second kappa shape index (κ2) is 6.56. The first-order valence-corrected chi connectivity index (χ1v) is 9.17. The van der Waals surface area contributed by atoms with E-state index in [2.05, 4.69) is 6.58 Å². The van der Waals surface area contributed by atoms with E-state index in [4.69, 9.17) is 14.2 Å². The maximum atomic E-state index is 12.8. The zero-order valence-corrected chi connectivity index (χ0v) is 14.8. The molecule has 0 amide bonds. The van der Waals surface area contributed by atoms with Gasteiger partial charge >= 0.3 is 5.97 Å². The number of rotatable bonds is 3. The minimum atomic E-state index is -0.659. The fraction of sp³-hybridized carbons (Fsp3) is 0.476. The lowest BCUT2D eigenvalue weighted by Crippen LogP contribution is -2.48. The molecule has 1 aliphatic carbocycles. The van der Waals surface area contributed by atoms with Crippen molar-refractivity contribution >= 4 is 5.97 Å². The Labute approximate surface area is 153 Å². The molecule has 1 N–H and O–H groups in total. The van der Waals surface area contributed by atoms with E-state index in [1.54, 1.807) is 6.08 Å². The normalized spacial score (nSPS) is 25.3. The molecule has 0 aromatic heterocycles. The lowest BCUT2D eigenvalue weighted by Gasteiger charge is -2.45. The van der Waals surface area contributed by atoms with Gasteiger partial charge in [0.15, 0.2) is 5.79 Å². The number of benzene rings is 1. The first kappa shape index (κ1) is 17.3. The number of carbonyl (C=O) groups is 1. The van der Waals surface area contributed by atoms with Crippen LogP contribution in [0.1, 0.15) is 43.6 Å². The Bertz CT molecular complexity index is 720. The molecule has 1 saturated heterocycles. The molecule has 1 saturated carbocycles. The molecule has 1 aromatic rings. The molecule has 1 unspecified atom stereocenters. The van der Waals surface area contributed by atoms with Crippen LogP contribution in [0, 0.1) is 0 Å². The molecule has 2 spiro atoms. The van der Waals surface area contributed by atoms with E-state index in [0.29, 0.717) is 50.9 Å². The largest absolute Gasteiger partial charge is 0.512 e. The van der Waals surface area contributed by atoms with Crippen molar-refractivity contribution in [1.29, 1.82) is 0 Å². The van der Waals surface area contributed by atoms with Crippen molar-refractivity contribution in [3.8, 4) is 0 Å². The molecule has 1 atom stereocenters. The second-order valence-corrected chi connectivity index (χ2v) is 7.34. The summed E-state index contributed by atoms with van der Waals surface area (Å²) in [6.07, 6.45) is 4.61. The summed E-state index contributed by atoms with van der Waals surface area (Å²) in [5.41, 5.74) is 0.547. The number of ether oxygens (including phenoxy) is 3. The number of aliphatic hydroxyl groups is 1. The van der Waals surface area contributed by atoms with Crippen molar-refractivity contribution in [3.05, 3.63) is 59.9 Å². The third-order valence-corrected chi connectivity index (χ3v) is 5.77. The molecule has 2 aliphatic heterocycles. The van der Waals surface area contributed by atoms with Gasteiger partial charge in [0.2, 0.25) is 0 Å². The van der Waals surface area contributed by atoms with Crippen LogP contribution in [-0.2, 0) is 19.0 Å². The Morgan fingerprint density at radius 1 is 1.08 bits per heavy atom. The average molecular weight is 356 g/mol. The highest BCUT2D eigenvalue weighted by Crippen LogP contribution is 2.47. The molecule has 0 radical (unpaired) electrons. The quantitative estimate of drug-likeness (QED) is 0.660. The van der Waals surface area contributed by atoms with Crippen molar-refractivity contribution < 1.29 is 24.1 Å². The lowest BCUT2D eigenvalue weighted by atomic mass is 9.76. The molecule has 26 heavy (non-hydrogen) atoms. The summed E-state index contributed by atoms with van der Waals surface area (Å²) >= 11 is 0. The first-order valence-electron chi connectivity index (χ1n) is 9.17. The summed E-state index contributed by atoms with van der Waals surface area (Å²) in [5, 5.41) is 10.7. The number of aliphatic hydroxyl groups excluding tert-OH is 1. The topological polar surface area (TPSA) is 65.0 Å². The Morgan fingerprint density at radius 2 is 1.73 bits per heavy atom. The highest BCUT2D eigenvalue weighted by molar-refractivity contribution is 5.92. The van der Waals surface area contributed by atoms with Crippen molar-refractivity contribution in [2.45, 2.75) is 49.4 Å². The molecule has 5 heteroatoms. The van der Waals surface area contributed by atoms with Gasteiger partial charge in [0.05, 0.1) is 18.8 Å². The van der Waals surface area contributed by atoms with Crippen molar-refractivity contribution in [2.24, 2.45) is 0 Å². The Kier molecular flexibility index (Phi) is 4.37. The highest BCUT2D eigenvalue weighted by Gasteiger charge is 2.51. The van der Waals surface area contributed by atoms with Gasteiger partial charge < -0.3 is 19.3 Å². The lowest BCUT2D eigenvalue weighted by molar-refractivity contribution is -0.213. The van der Waals surface area contributed by atoms with Crippen LogP contribution < -0.4 is 0 Å². The maximum absolute atomic E-state index is 12.8. The molecule has 5 nitrogen and oxygen atoms in total. The number of hydrogen-bond donors (Lipinski definition) is 1. The van der Waals surface area contributed by atoms with Gasteiger partial charge in [-0.3, -0.25) is 0 Å². The van der Waals surface area contributed by atoms with Crippen LogP contribution in [0.4, 0.5) is 0 Å². The third kappa shape index (κ3) is 2.95. The second-order valence-electron chi connectivity index (χ2n) is 7.34. The summed E-state index contributed by atoms with van der Waals surface area (Å²) in [4.78, 5) is 12.8. The summed E-state index contributed by atoms with van der Waals surface area (Å²) in [5.74, 6) is -1.24. The third-order valence-electron chi connectivity index (χ3n) is 5.77. The molecule has 138 valence electrons. The van der Waals surface area contributed by atoms with E-state index in [-0.39, 0.29) is 11.7 Å². The van der Waals surface area contributed by atoms with E-state index in [1.165, 1.54) is 0 Å². The SMILES string of the molecule is C=CC(C1=C(O)CC2(CCC3(CC2)OCCO3)OC1=O)c1ccccc1. The molecule has 3 aliphatic rings. The molecular formula is C21H24O5. The van der Waals surface area contributed by atoms with Crippen LogP contribution in [0.2, 0.25) is 0 Å². The maximum Gasteiger partial charge on any atom is 0.338 e. The van der Waals surface area contributed by atoms with E-state index < -0.39 is 17.4 Å². The number of hydrogen-bond acceptors (Lipinski definition) is 5. The van der Waals surface area contributed by atoms with Crippen LogP contribution in [0.3, 0.4) is 0 Å². The smallest absolute Gasteiger partial charge is 0.338 e. The molecule has 2 heterocycles. The van der Waals surface area contributed by atoms with Gasteiger partial charge in [0.25, 0.3) is 0 Å². The highest BCUT2D eigenvalue weighted by atomic mass is 16.7. The number of esters is 1. The van der Waals surface area contributed by atoms with Gasteiger partial charge in [-0.2, -0.15) is 0 Å². The molecule has 0 bridgehead atoms. The fourth-order valence-corrected chi connectivity index (χ4v) is 4.34. The molecule has 1 aromatic carbocycles. The van der Waals surface area contributed by atoms with Gasteiger partial charge in [-0.1, -0.05) is 36.4 Å². The van der Waals surface area contributed by atoms with Crippen molar-refractivity contribution in [2.75, 3.05) is 13.2 Å². The van der Waals surface area contributed by atoms with E-state index in [9.17, 15) is 9.90 Å². The minimum Gasteiger partial charge on any atom is -0.512 e. The molecule has 4 rings (SSSR count). The number of carbonyl (C=O) groups excluding carboxylic acids is 1. The van der Waals surface area contributed by atoms with Crippen LogP contribution in [0.15, 0.2) is 54.3 Å². The van der Waals surface area contributed by atoms with Crippen LogP contribution in [0.5, 0.6) is 0 Å². The summed E-state index contributed by atoms with van der Waals surface area (Å²) in [6.45, 7) is 5.07. The average Bonchev–Trinajstić information content (AvgIpc) is 3.11. The Balaban J connectivity index is 1.57. The summed E-state index contributed by atoms with van der Waals surface area (Å²) in [7, 11) is 0. The van der Waals surface area contributed by atoms with Gasteiger partial charge in [-0.25, -0.2) is 4.79 Å². The Hall–Kier alpha value is -2.11. The number of allylic oxidation sites excluding steroid dienone is 1. The molecule has 2 fully saturated rings. The minimum absolute atomic E-state index is 0.110. The monoisotopic (exact) mass is 356 g/mol. The van der Waals surface area contributed by atoms with Crippen LogP contribution >= 0.6 is 0 Å². The first-order chi connectivity index (χ1) is 12.6. The van der Waals surface area contributed by atoms with Crippen molar-refractivity contribution in [3.63, 3.8) is 0 Å². The summed E-state index contributed by atoms with van der Waals surface area (Å²) in [6, 6.07) is 9.56. The zero-order valence-electron chi connectivity index (χ0n) is 14.8. The summed E-state index contributed by atoms with van der Waals surface area (Å²) < 4.78 is 17.4. The standard InChI is InChI=1S/C21H24O5/c1-2-16(15-6-4-3-5-7-15)18-17(22)14-20(26-19(18)23)8-10-21(11-9-20)24-12-13-25-21/h2-7,16,22H,1,8-14H2. The fourth-order valence-electron chi connectivity index (χ4n) is 4.34. The molecular weight excluding hydrogens is 332 g/mol. The predicted octanol–water partition coefficient (Wildman–Crippen LogP) is 3.77. The van der Waals surface area contributed by atoms with Crippen molar-refractivity contribution in [1.82, 2.24) is 0 Å². The zero-order chi connectivity index (χ0) is 18.2. The van der Waals surface area contributed by atoms with E-state index >= 15 is 0 Å². The van der Waals surface area contributed by atoms with E-state index in [0.717, 1.165) is 5.56 Å². The van der Waals surface area contributed by atoms with Gasteiger partial charge in [0.1, 0.15) is 11.4 Å². The van der Waals surface area contributed by atoms with Gasteiger partial charge in [0, 0.05) is 25.2 Å².